The number of aryl methyl sites for hydroxylation is 1. The molecule has 0 aliphatic carbocycles. The number of benzene rings is 1. The Kier molecular flexibility index (Phi) is 6.61. The third-order valence-corrected chi connectivity index (χ3v) is 7.22. The summed E-state index contributed by atoms with van der Waals surface area (Å²) in [5.74, 6) is 1.56. The van der Waals surface area contributed by atoms with Gasteiger partial charge in [-0.25, -0.2) is 20.9 Å². The fourth-order valence-corrected chi connectivity index (χ4v) is 5.15. The maximum Gasteiger partial charge on any atom is 0.227 e. The van der Waals surface area contributed by atoms with Crippen molar-refractivity contribution >= 4 is 33.8 Å². The first-order valence-corrected chi connectivity index (χ1v) is 12.6. The number of imidazole rings is 1. The second kappa shape index (κ2) is 9.98. The summed E-state index contributed by atoms with van der Waals surface area (Å²) in [7, 11) is 1.99. The van der Waals surface area contributed by atoms with Gasteiger partial charge in [-0.15, -0.1) is 16.4 Å². The van der Waals surface area contributed by atoms with Crippen molar-refractivity contribution in [2.24, 2.45) is 0 Å². The van der Waals surface area contributed by atoms with Crippen molar-refractivity contribution in [1.29, 1.82) is 0 Å². The topological polar surface area (TPSA) is 57.2 Å². The molecule has 0 spiro atoms. The van der Waals surface area contributed by atoms with E-state index in [1.165, 1.54) is 23.5 Å². The van der Waals surface area contributed by atoms with E-state index in [4.69, 9.17) is 21.6 Å². The van der Waals surface area contributed by atoms with E-state index < -0.39 is 0 Å². The van der Waals surface area contributed by atoms with Crippen LogP contribution in [-0.2, 0) is 6.42 Å². The Morgan fingerprint density at radius 2 is 1.86 bits per heavy atom. The summed E-state index contributed by atoms with van der Waals surface area (Å²) in [6.07, 6.45) is 0.772. The van der Waals surface area contributed by atoms with Crippen molar-refractivity contribution in [3.63, 3.8) is 0 Å². The Labute approximate surface area is 208 Å². The fourth-order valence-electron chi connectivity index (χ4n) is 4.35. The summed E-state index contributed by atoms with van der Waals surface area (Å²) >= 11 is 1.54. The SMILES string of the molecule is [C-]#[N+]CCN1CCN(c2ccc3nc(CC)c(N(C)c4nc(-c5ccc(F)cc5)cs4)n3n2)CC1. The zero-order valence-corrected chi connectivity index (χ0v) is 20.7. The zero-order valence-electron chi connectivity index (χ0n) is 19.9. The van der Waals surface area contributed by atoms with Crippen LogP contribution in [0.5, 0.6) is 0 Å². The molecule has 8 nitrogen and oxygen atoms in total. The van der Waals surface area contributed by atoms with Crippen LogP contribution in [0.4, 0.5) is 21.2 Å². The van der Waals surface area contributed by atoms with Crippen LogP contribution in [0.15, 0.2) is 41.8 Å². The first-order valence-electron chi connectivity index (χ1n) is 11.7. The summed E-state index contributed by atoms with van der Waals surface area (Å²) in [5, 5.41) is 7.79. The molecule has 0 unspecified atom stereocenters. The van der Waals surface area contributed by atoms with E-state index in [-0.39, 0.29) is 5.82 Å². The van der Waals surface area contributed by atoms with E-state index >= 15 is 0 Å². The van der Waals surface area contributed by atoms with Crippen molar-refractivity contribution < 1.29 is 4.39 Å². The Hall–Kier alpha value is -3.55. The van der Waals surface area contributed by atoms with Crippen LogP contribution in [0.25, 0.3) is 21.7 Å². The Morgan fingerprint density at radius 1 is 1.09 bits per heavy atom. The molecule has 0 amide bonds. The van der Waals surface area contributed by atoms with Gasteiger partial charge in [0.15, 0.2) is 16.6 Å². The molecule has 10 heteroatoms. The van der Waals surface area contributed by atoms with Gasteiger partial charge in [0.2, 0.25) is 6.54 Å². The molecule has 1 fully saturated rings. The van der Waals surface area contributed by atoms with E-state index in [2.05, 4.69) is 21.6 Å². The van der Waals surface area contributed by atoms with Gasteiger partial charge in [0, 0.05) is 44.2 Å². The van der Waals surface area contributed by atoms with Crippen LogP contribution < -0.4 is 9.80 Å². The molecule has 0 N–H and O–H groups in total. The number of anilines is 3. The number of rotatable bonds is 7. The van der Waals surface area contributed by atoms with Gasteiger partial charge in [-0.3, -0.25) is 4.90 Å². The minimum absolute atomic E-state index is 0.258. The molecule has 180 valence electrons. The maximum absolute atomic E-state index is 13.3. The van der Waals surface area contributed by atoms with E-state index in [0.29, 0.717) is 6.54 Å². The molecule has 4 heterocycles. The standard InChI is InChI=1S/C25H27FN8S/c1-4-20-24(31(3)25-29-21(17-35-25)18-5-7-19(26)8-6-18)34-22(28-20)9-10-23(30-34)33-15-13-32(14-16-33)12-11-27-2/h5-10,17H,4,11-16H2,1,3H3. The Balaban J connectivity index is 1.43. The molecular formula is C25H27FN8S. The molecule has 1 aliphatic heterocycles. The van der Waals surface area contributed by atoms with Crippen LogP contribution in [-0.4, -0.2) is 70.8 Å². The predicted octanol–water partition coefficient (Wildman–Crippen LogP) is 4.36. The van der Waals surface area contributed by atoms with Crippen molar-refractivity contribution in [3.8, 4) is 11.3 Å². The predicted molar refractivity (Wildman–Crippen MR) is 138 cm³/mol. The molecule has 0 bridgehead atoms. The number of aromatic nitrogens is 4. The monoisotopic (exact) mass is 490 g/mol. The molecule has 0 atom stereocenters. The van der Waals surface area contributed by atoms with Crippen molar-refractivity contribution in [2.75, 3.05) is 56.1 Å². The number of thiazole rings is 1. The van der Waals surface area contributed by atoms with Crippen LogP contribution in [0.1, 0.15) is 12.6 Å². The molecule has 1 aromatic carbocycles. The number of nitrogens with zero attached hydrogens (tertiary/aromatic N) is 8. The van der Waals surface area contributed by atoms with Gasteiger partial charge < -0.3 is 14.6 Å². The number of hydrogen-bond acceptors (Lipinski definition) is 7. The smallest absolute Gasteiger partial charge is 0.227 e. The molecule has 0 radical (unpaired) electrons. The number of halogens is 1. The highest BCUT2D eigenvalue weighted by Crippen LogP contribution is 2.33. The highest BCUT2D eigenvalue weighted by Gasteiger charge is 2.23. The average molecular weight is 491 g/mol. The van der Waals surface area contributed by atoms with E-state index in [9.17, 15) is 4.39 Å². The molecule has 4 aromatic rings. The minimum atomic E-state index is -0.258. The maximum atomic E-state index is 13.3. The van der Waals surface area contributed by atoms with Crippen LogP contribution in [0.3, 0.4) is 0 Å². The number of piperazine rings is 1. The Morgan fingerprint density at radius 3 is 2.57 bits per heavy atom. The lowest BCUT2D eigenvalue weighted by Gasteiger charge is -2.34. The van der Waals surface area contributed by atoms with Crippen molar-refractivity contribution in [1.82, 2.24) is 24.5 Å². The number of fused-ring (bicyclic) bond motifs is 1. The van der Waals surface area contributed by atoms with Crippen molar-refractivity contribution in [3.05, 3.63) is 64.7 Å². The molecule has 1 saturated heterocycles. The van der Waals surface area contributed by atoms with Gasteiger partial charge in [0.25, 0.3) is 0 Å². The summed E-state index contributed by atoms with van der Waals surface area (Å²) in [6.45, 7) is 14.1. The zero-order chi connectivity index (χ0) is 24.4. The molecule has 1 aliphatic rings. The molecule has 5 rings (SSSR count). The fraction of sp³-hybridized carbons (Fsp3) is 0.360. The van der Waals surface area contributed by atoms with Gasteiger partial charge in [0.05, 0.1) is 17.9 Å². The van der Waals surface area contributed by atoms with Gasteiger partial charge in [-0.05, 0) is 42.8 Å². The highest BCUT2D eigenvalue weighted by atomic mass is 32.1. The first-order chi connectivity index (χ1) is 17.1. The van der Waals surface area contributed by atoms with Crippen LogP contribution >= 0.6 is 11.3 Å². The third kappa shape index (κ3) is 4.70. The van der Waals surface area contributed by atoms with E-state index in [1.54, 1.807) is 12.1 Å². The summed E-state index contributed by atoms with van der Waals surface area (Å²) in [6, 6.07) is 10.5. The first kappa shape index (κ1) is 23.2. The van der Waals surface area contributed by atoms with Crippen LogP contribution in [0, 0.1) is 12.4 Å². The largest absolute Gasteiger partial charge is 0.353 e. The molecule has 0 saturated carbocycles. The summed E-state index contributed by atoms with van der Waals surface area (Å²) < 4.78 is 15.2. The van der Waals surface area contributed by atoms with Crippen LogP contribution in [0.2, 0.25) is 0 Å². The van der Waals surface area contributed by atoms with E-state index in [1.807, 2.05) is 34.0 Å². The Bertz CT molecular complexity index is 1350. The second-order valence-electron chi connectivity index (χ2n) is 8.49. The van der Waals surface area contributed by atoms with Gasteiger partial charge >= 0.3 is 0 Å². The quantitative estimate of drug-likeness (QED) is 0.359. The van der Waals surface area contributed by atoms with Gasteiger partial charge in [0.1, 0.15) is 11.6 Å². The summed E-state index contributed by atoms with van der Waals surface area (Å²) in [4.78, 5) is 19.8. The lowest BCUT2D eigenvalue weighted by atomic mass is 10.2. The van der Waals surface area contributed by atoms with E-state index in [0.717, 1.165) is 78.5 Å². The second-order valence-corrected chi connectivity index (χ2v) is 9.33. The minimum Gasteiger partial charge on any atom is -0.353 e. The normalized spacial score (nSPS) is 14.4. The average Bonchev–Trinajstić information content (AvgIpc) is 3.52. The molecular weight excluding hydrogens is 463 g/mol. The third-order valence-electron chi connectivity index (χ3n) is 6.31. The van der Waals surface area contributed by atoms with Crippen molar-refractivity contribution in [2.45, 2.75) is 13.3 Å². The number of hydrogen-bond donors (Lipinski definition) is 0. The summed E-state index contributed by atoms with van der Waals surface area (Å²) in [5.41, 5.74) is 3.46. The highest BCUT2D eigenvalue weighted by molar-refractivity contribution is 7.14. The lowest BCUT2D eigenvalue weighted by molar-refractivity contribution is 0.268. The lowest BCUT2D eigenvalue weighted by Crippen LogP contribution is -2.47. The van der Waals surface area contributed by atoms with Gasteiger partial charge in [-0.1, -0.05) is 6.92 Å². The molecule has 35 heavy (non-hydrogen) atoms. The molecule has 3 aromatic heterocycles. The van der Waals surface area contributed by atoms with Gasteiger partial charge in [-0.2, -0.15) is 4.52 Å².